The summed E-state index contributed by atoms with van der Waals surface area (Å²) in [7, 11) is 0. The molecule has 2 heteroatoms. The van der Waals surface area contributed by atoms with Crippen molar-refractivity contribution >= 4 is 11.3 Å². The van der Waals surface area contributed by atoms with Gasteiger partial charge in [-0.3, -0.25) is 0 Å². The van der Waals surface area contributed by atoms with Crippen LogP contribution in [0.2, 0.25) is 0 Å². The molecule has 0 radical (unpaired) electrons. The van der Waals surface area contributed by atoms with E-state index in [2.05, 4.69) is 18.8 Å². The molecule has 60 valence electrons. The van der Waals surface area contributed by atoms with E-state index in [1.54, 1.807) is 0 Å². The zero-order valence-corrected chi connectivity index (χ0v) is 7.87. The Morgan fingerprint density at radius 2 is 2.27 bits per heavy atom. The third-order valence-electron chi connectivity index (χ3n) is 2.59. The predicted octanol–water partition coefficient (Wildman–Crippen LogP) is 2.89. The molecule has 1 aliphatic rings. The van der Waals surface area contributed by atoms with Gasteiger partial charge in [-0.2, -0.15) is 0 Å². The van der Waals surface area contributed by atoms with Gasteiger partial charge in [0.15, 0.2) is 0 Å². The number of nitrogens with zero attached hydrogens (tertiary/aromatic N) is 1. The Morgan fingerprint density at radius 3 is 2.64 bits per heavy atom. The Hall–Kier alpha value is -0.370. The summed E-state index contributed by atoms with van der Waals surface area (Å²) in [6.07, 6.45) is 6.04. The van der Waals surface area contributed by atoms with Gasteiger partial charge in [-0.25, -0.2) is 4.98 Å². The Labute approximate surface area is 71.5 Å². The van der Waals surface area contributed by atoms with Crippen molar-refractivity contribution < 1.29 is 0 Å². The Morgan fingerprint density at radius 1 is 1.55 bits per heavy atom. The molecule has 1 nitrogen and oxygen atoms in total. The second kappa shape index (κ2) is 2.31. The van der Waals surface area contributed by atoms with Gasteiger partial charge in [-0.1, -0.05) is 13.3 Å². The van der Waals surface area contributed by atoms with Crippen LogP contribution in [0, 0.1) is 6.92 Å². The Balaban J connectivity index is 2.28. The fourth-order valence-corrected chi connectivity index (χ4v) is 2.52. The van der Waals surface area contributed by atoms with Crippen LogP contribution in [0.5, 0.6) is 0 Å². The lowest BCUT2D eigenvalue weighted by molar-refractivity contribution is 0.271. The smallest absolute Gasteiger partial charge is 0.0986 e. The summed E-state index contributed by atoms with van der Waals surface area (Å²) in [6, 6.07) is 0. The number of hydrogen-bond donors (Lipinski definition) is 0. The van der Waals surface area contributed by atoms with Gasteiger partial charge in [0.25, 0.3) is 0 Å². The molecular weight excluding hydrogens is 154 g/mol. The minimum Gasteiger partial charge on any atom is -0.249 e. The lowest BCUT2D eigenvalue weighted by Gasteiger charge is -2.36. The maximum absolute atomic E-state index is 4.43. The molecule has 1 aromatic rings. The van der Waals surface area contributed by atoms with Crippen molar-refractivity contribution in [2.24, 2.45) is 0 Å². The average molecular weight is 167 g/mol. The molecular formula is C9H13NS. The number of aromatic nitrogens is 1. The highest BCUT2D eigenvalue weighted by molar-refractivity contribution is 7.11. The molecule has 1 heterocycles. The number of aryl methyl sites for hydroxylation is 1. The quantitative estimate of drug-likeness (QED) is 0.626. The van der Waals surface area contributed by atoms with Crippen LogP contribution in [0.25, 0.3) is 0 Å². The van der Waals surface area contributed by atoms with Crippen molar-refractivity contribution in [3.8, 4) is 0 Å². The standard InChI is InChI=1S/C9H13NS/c1-7-6-10-8(11-7)9(2)4-3-5-9/h6H,3-5H2,1-2H3. The maximum atomic E-state index is 4.43. The van der Waals surface area contributed by atoms with Crippen molar-refractivity contribution in [2.45, 2.75) is 38.5 Å². The first kappa shape index (κ1) is 7.29. The van der Waals surface area contributed by atoms with E-state index in [1.165, 1.54) is 29.1 Å². The first-order valence-electron chi connectivity index (χ1n) is 4.14. The van der Waals surface area contributed by atoms with Crippen LogP contribution in [0.4, 0.5) is 0 Å². The van der Waals surface area contributed by atoms with E-state index < -0.39 is 0 Å². The van der Waals surface area contributed by atoms with E-state index in [4.69, 9.17) is 0 Å². The van der Waals surface area contributed by atoms with Gasteiger partial charge in [0.2, 0.25) is 0 Å². The van der Waals surface area contributed by atoms with Crippen LogP contribution in [-0.4, -0.2) is 4.98 Å². The van der Waals surface area contributed by atoms with Gasteiger partial charge in [0.05, 0.1) is 5.01 Å². The van der Waals surface area contributed by atoms with Crippen molar-refractivity contribution in [3.05, 3.63) is 16.1 Å². The summed E-state index contributed by atoms with van der Waals surface area (Å²) in [5.41, 5.74) is 0.443. The zero-order valence-electron chi connectivity index (χ0n) is 7.05. The zero-order chi connectivity index (χ0) is 7.90. The van der Waals surface area contributed by atoms with Crippen LogP contribution in [0.3, 0.4) is 0 Å². The third-order valence-corrected chi connectivity index (χ3v) is 3.81. The van der Waals surface area contributed by atoms with Gasteiger partial charge in [-0.05, 0) is 19.8 Å². The molecule has 1 aromatic heterocycles. The van der Waals surface area contributed by atoms with Crippen molar-refractivity contribution in [1.29, 1.82) is 0 Å². The summed E-state index contributed by atoms with van der Waals surface area (Å²) < 4.78 is 0. The van der Waals surface area contributed by atoms with E-state index in [-0.39, 0.29) is 0 Å². The average Bonchev–Trinajstić information content (AvgIpc) is 2.31. The number of hydrogen-bond acceptors (Lipinski definition) is 2. The molecule has 0 saturated heterocycles. The second-order valence-corrected chi connectivity index (χ2v) is 4.93. The van der Waals surface area contributed by atoms with Gasteiger partial charge >= 0.3 is 0 Å². The van der Waals surface area contributed by atoms with Crippen molar-refractivity contribution in [1.82, 2.24) is 4.98 Å². The van der Waals surface area contributed by atoms with Crippen molar-refractivity contribution in [3.63, 3.8) is 0 Å². The van der Waals surface area contributed by atoms with Crippen LogP contribution in [-0.2, 0) is 5.41 Å². The molecule has 0 aromatic carbocycles. The maximum Gasteiger partial charge on any atom is 0.0986 e. The molecule has 11 heavy (non-hydrogen) atoms. The lowest BCUT2D eigenvalue weighted by atomic mass is 9.71. The van der Waals surface area contributed by atoms with Crippen LogP contribution >= 0.6 is 11.3 Å². The van der Waals surface area contributed by atoms with Gasteiger partial charge in [0, 0.05) is 16.5 Å². The topological polar surface area (TPSA) is 12.9 Å². The molecule has 0 atom stereocenters. The highest BCUT2D eigenvalue weighted by Crippen LogP contribution is 2.44. The van der Waals surface area contributed by atoms with Crippen molar-refractivity contribution in [2.75, 3.05) is 0 Å². The van der Waals surface area contributed by atoms with E-state index in [0.717, 1.165) is 0 Å². The molecule has 0 amide bonds. The first-order valence-corrected chi connectivity index (χ1v) is 4.95. The molecule has 1 fully saturated rings. The normalized spacial score (nSPS) is 21.3. The third kappa shape index (κ3) is 1.09. The first-order chi connectivity index (χ1) is 5.21. The molecule has 0 bridgehead atoms. The highest BCUT2D eigenvalue weighted by atomic mass is 32.1. The molecule has 0 unspecified atom stereocenters. The second-order valence-electron chi connectivity index (χ2n) is 3.69. The summed E-state index contributed by atoms with van der Waals surface area (Å²) in [5.74, 6) is 0. The van der Waals surface area contributed by atoms with Crippen LogP contribution in [0.15, 0.2) is 6.20 Å². The fraction of sp³-hybridized carbons (Fsp3) is 0.667. The van der Waals surface area contributed by atoms with Gasteiger partial charge in [0.1, 0.15) is 0 Å². The molecule has 1 saturated carbocycles. The molecule has 1 aliphatic carbocycles. The van der Waals surface area contributed by atoms with Gasteiger partial charge in [-0.15, -0.1) is 11.3 Å². The molecule has 2 rings (SSSR count). The summed E-state index contributed by atoms with van der Waals surface area (Å²) in [5, 5.41) is 1.35. The Bertz CT molecular complexity index is 260. The van der Waals surface area contributed by atoms with E-state index in [0.29, 0.717) is 5.41 Å². The van der Waals surface area contributed by atoms with Crippen LogP contribution < -0.4 is 0 Å². The monoisotopic (exact) mass is 167 g/mol. The van der Waals surface area contributed by atoms with Gasteiger partial charge < -0.3 is 0 Å². The molecule has 0 N–H and O–H groups in total. The SMILES string of the molecule is Cc1cnc(C2(C)CCC2)s1. The summed E-state index contributed by atoms with van der Waals surface area (Å²) >= 11 is 1.86. The number of rotatable bonds is 1. The van der Waals surface area contributed by atoms with E-state index in [9.17, 15) is 0 Å². The Kier molecular flexibility index (Phi) is 1.53. The molecule has 0 spiro atoms. The van der Waals surface area contributed by atoms with E-state index in [1.807, 2.05) is 17.5 Å². The largest absolute Gasteiger partial charge is 0.249 e. The number of thiazole rings is 1. The van der Waals surface area contributed by atoms with Crippen LogP contribution in [0.1, 0.15) is 36.1 Å². The highest BCUT2D eigenvalue weighted by Gasteiger charge is 2.35. The molecule has 0 aliphatic heterocycles. The minimum absolute atomic E-state index is 0.443. The fourth-order valence-electron chi connectivity index (χ4n) is 1.55. The predicted molar refractivity (Wildman–Crippen MR) is 48.1 cm³/mol. The van der Waals surface area contributed by atoms with E-state index >= 15 is 0 Å². The minimum atomic E-state index is 0.443. The summed E-state index contributed by atoms with van der Waals surface area (Å²) in [4.78, 5) is 5.77. The lowest BCUT2D eigenvalue weighted by Crippen LogP contribution is -2.29. The summed E-state index contributed by atoms with van der Waals surface area (Å²) in [6.45, 7) is 4.46.